The SMILES string of the molecule is CC(=O)N[C@H]1[C@@H](OP(=O)(O)OP(=O)(O)OCCC(C)CC/C=C(\C)CC/C=C(\C)CC/C=C(\C)CC/C=C(\C)CC/C=C(\C)CC/C=C(\C)CC/C=C(\C)CC/C=C(\C)CC/C=C(\C)CC/C=C(\C)CC/C=C(\C)CC/C=C(\C)CC/C=C(\C)CC/C=C(\C)CC/C=C(\C)CC/C=C(\C)CC/C=C(\C)CCC=C(C)C)O[C@H](CO)[C@@H](O[C@@H]2O[C@H](CO)[C@@H](O)[C@H](O)[C@H]2O)[C@@H]1O. The molecule has 0 bridgehead atoms. The lowest BCUT2D eigenvalue weighted by atomic mass is 9.95. The number of carbonyl (C=O) groups excluding carboxylic acids is 1. The van der Waals surface area contributed by atoms with Gasteiger partial charge in [-0.3, -0.25) is 13.8 Å². The minimum atomic E-state index is -5.59. The molecule has 734 valence electrons. The number of allylic oxidation sites excluding steroid dienone is 36. The maximum Gasteiger partial charge on any atom is 0.483 e. The van der Waals surface area contributed by atoms with Gasteiger partial charge in [-0.1, -0.05) is 217 Å². The molecule has 1 amide bonds. The Kier molecular flexibility index (Phi) is 64.5. The molecule has 0 aromatic carbocycles. The number of nitrogens with one attached hydrogen (secondary N) is 1. The molecule has 13 atom stereocenters. The highest BCUT2D eigenvalue weighted by atomic mass is 31.3. The summed E-state index contributed by atoms with van der Waals surface area (Å²) in [6, 6.07) is -1.76. The number of rotatable bonds is 67. The summed E-state index contributed by atoms with van der Waals surface area (Å²) in [7, 11) is -10.8. The van der Waals surface area contributed by atoms with Crippen LogP contribution in [0.1, 0.15) is 383 Å². The molecule has 20 heteroatoms. The van der Waals surface area contributed by atoms with Gasteiger partial charge in [-0.05, 0) is 375 Å². The van der Waals surface area contributed by atoms with E-state index in [2.05, 4.69) is 251 Å². The highest BCUT2D eigenvalue weighted by molar-refractivity contribution is 7.61. The van der Waals surface area contributed by atoms with E-state index in [-0.39, 0.29) is 12.5 Å². The van der Waals surface area contributed by atoms with E-state index in [1.807, 2.05) is 6.92 Å². The molecule has 0 spiro atoms. The Morgan fingerprint density at radius 3 is 0.798 bits per heavy atom. The maximum absolute atomic E-state index is 13.1. The average Bonchev–Trinajstić information content (AvgIpc) is 0.775. The highest BCUT2D eigenvalue weighted by Gasteiger charge is 2.53. The monoisotopic (exact) mass is 1840 g/mol. The molecule has 2 aliphatic rings. The lowest BCUT2D eigenvalue weighted by Crippen LogP contribution is -2.67. The summed E-state index contributed by atoms with van der Waals surface area (Å²) in [5, 5.41) is 64.1. The van der Waals surface area contributed by atoms with Crippen molar-refractivity contribution >= 4 is 21.6 Å². The van der Waals surface area contributed by atoms with Crippen molar-refractivity contribution in [3.63, 3.8) is 0 Å². The summed E-state index contributed by atoms with van der Waals surface area (Å²) in [6.45, 7) is 44.0. The van der Waals surface area contributed by atoms with Crippen LogP contribution in [-0.4, -0.2) is 128 Å². The molecule has 9 N–H and O–H groups in total. The molecule has 3 unspecified atom stereocenters. The van der Waals surface area contributed by atoms with Gasteiger partial charge in [-0.25, -0.2) is 9.13 Å². The van der Waals surface area contributed by atoms with Crippen molar-refractivity contribution in [2.24, 2.45) is 5.92 Å². The molecular weight excluding hydrogens is 1660 g/mol. The number of ether oxygens (including phenoxy) is 3. The van der Waals surface area contributed by atoms with Crippen LogP contribution in [0, 0.1) is 5.92 Å². The largest absolute Gasteiger partial charge is 0.483 e. The lowest BCUT2D eigenvalue weighted by Gasteiger charge is -2.47. The number of aliphatic hydroxyl groups excluding tert-OH is 6. The van der Waals surface area contributed by atoms with E-state index in [1.165, 1.54) is 120 Å². The van der Waals surface area contributed by atoms with Crippen LogP contribution in [0.25, 0.3) is 0 Å². The van der Waals surface area contributed by atoms with Gasteiger partial charge in [-0.15, -0.1) is 0 Å². The number of amides is 1. The second kappa shape index (κ2) is 69.5. The van der Waals surface area contributed by atoms with E-state index >= 15 is 0 Å². The summed E-state index contributed by atoms with van der Waals surface area (Å²) < 4.78 is 57.0. The van der Waals surface area contributed by atoms with E-state index in [0.717, 1.165) is 219 Å². The number of phosphoric ester groups is 2. The van der Waals surface area contributed by atoms with Crippen molar-refractivity contribution in [1.29, 1.82) is 0 Å². The van der Waals surface area contributed by atoms with Crippen LogP contribution in [0.15, 0.2) is 210 Å². The Bertz CT molecular complexity index is 3950. The fraction of sp³-hybridized carbons (Fsp3) is 0.661. The average molecular weight is 1840 g/mol. The number of aliphatic hydroxyl groups is 6. The van der Waals surface area contributed by atoms with Gasteiger partial charge in [0.25, 0.3) is 0 Å². The topological polar surface area (TPSA) is 280 Å². The molecule has 2 rings (SSSR count). The van der Waals surface area contributed by atoms with Gasteiger partial charge < -0.3 is 60.0 Å². The van der Waals surface area contributed by atoms with Gasteiger partial charge in [0.15, 0.2) is 12.6 Å². The van der Waals surface area contributed by atoms with Crippen LogP contribution in [0.4, 0.5) is 0 Å². The zero-order valence-electron chi connectivity index (χ0n) is 84.2. The van der Waals surface area contributed by atoms with Gasteiger partial charge in [-0.2, -0.15) is 4.31 Å². The summed E-state index contributed by atoms with van der Waals surface area (Å²) in [6.07, 6.45) is 67.1. The van der Waals surface area contributed by atoms with Gasteiger partial charge in [0, 0.05) is 6.92 Å². The van der Waals surface area contributed by atoms with Crippen LogP contribution in [0.2, 0.25) is 0 Å². The first-order valence-electron chi connectivity index (χ1n) is 48.8. The Labute approximate surface area is 784 Å². The number of hydrogen-bond acceptors (Lipinski definition) is 15. The quantitative estimate of drug-likeness (QED) is 0.0202. The molecule has 18 nitrogen and oxygen atoms in total. The third-order valence-corrected chi connectivity index (χ3v) is 27.1. The first-order valence-corrected chi connectivity index (χ1v) is 51.8. The molecule has 0 saturated carbocycles. The zero-order chi connectivity index (χ0) is 96.3. The molecule has 2 saturated heterocycles. The molecule has 129 heavy (non-hydrogen) atoms. The Morgan fingerprint density at radius 1 is 0.318 bits per heavy atom. The summed E-state index contributed by atoms with van der Waals surface area (Å²) in [4.78, 5) is 33.1. The fourth-order valence-electron chi connectivity index (χ4n) is 15.5. The number of hydrogen-bond donors (Lipinski definition) is 9. The fourth-order valence-corrected chi connectivity index (χ4v) is 17.7. The third kappa shape index (κ3) is 59.9. The van der Waals surface area contributed by atoms with Gasteiger partial charge >= 0.3 is 15.6 Å². The standard InChI is InChI=1S/C109H181NO17P2/c1-80(2)40-22-41-81(3)42-23-43-82(4)44-24-45-83(5)46-25-47-84(6)48-26-49-85(7)50-27-51-86(8)52-28-53-87(9)54-29-55-88(10)56-30-57-89(11)58-31-59-90(12)60-32-61-91(13)62-33-63-92(14)64-34-65-93(15)66-35-67-94(16)68-36-69-95(17)70-37-71-96(18)72-38-73-97(19)74-39-75-98(20)76-77-122-128(118,119)127-129(120,121)126-108-102(110-99(21)113)104(115)107(101(79-112)124-108)125-109-106(117)105(116)103(114)100(78-111)123-109/h40,42,44,46,48,50,52,54,56,58,60,62,64,66,68,70,72,74,98,100-109,111-112,114-117H,22-39,41,43,45,47,49,51,53,55,57,59,61,63,65,67,69,71,73,75-79H2,1-21H3,(H,110,113)(H,118,119)(H,120,121)/b81-42+,82-44+,83-46+,84-48+,85-50+,86-52+,87-54+,88-56+,89-58+,90-60+,91-62+,92-64+,93-66+,94-68+,95-70+,96-72+,97-74+/t98?,100-,101-,102-,103-,104-,105+,106-,107-,108-,109+/m1/s1. The molecule has 0 aliphatic carbocycles. The first-order chi connectivity index (χ1) is 61.1. The molecule has 2 fully saturated rings. The second-order valence-electron chi connectivity index (χ2n) is 38.0. The smallest absolute Gasteiger partial charge is 0.394 e. The Morgan fingerprint density at radius 2 is 0.558 bits per heavy atom. The van der Waals surface area contributed by atoms with Crippen molar-refractivity contribution in [1.82, 2.24) is 5.32 Å². The van der Waals surface area contributed by atoms with Crippen molar-refractivity contribution in [3.8, 4) is 0 Å². The maximum atomic E-state index is 13.1. The molecular formula is C109H181NO17P2. The predicted molar refractivity (Wildman–Crippen MR) is 539 cm³/mol. The molecule has 2 aliphatic heterocycles. The minimum Gasteiger partial charge on any atom is -0.394 e. The van der Waals surface area contributed by atoms with E-state index in [9.17, 15) is 54.4 Å². The van der Waals surface area contributed by atoms with Crippen molar-refractivity contribution in [3.05, 3.63) is 210 Å². The lowest BCUT2D eigenvalue weighted by molar-refractivity contribution is -0.344. The van der Waals surface area contributed by atoms with Crippen LogP contribution >= 0.6 is 15.6 Å². The van der Waals surface area contributed by atoms with Crippen molar-refractivity contribution in [2.45, 2.75) is 444 Å². The van der Waals surface area contributed by atoms with Gasteiger partial charge in [0.2, 0.25) is 5.91 Å². The summed E-state index contributed by atoms with van der Waals surface area (Å²) in [5.41, 5.74) is 26.5. The van der Waals surface area contributed by atoms with E-state index in [1.54, 1.807) is 0 Å². The van der Waals surface area contributed by atoms with Crippen LogP contribution < -0.4 is 5.32 Å². The summed E-state index contributed by atoms with van der Waals surface area (Å²) in [5.74, 6) is -0.766. The number of carbonyl (C=O) groups is 1. The Hall–Kier alpha value is -5.31. The van der Waals surface area contributed by atoms with E-state index in [4.69, 9.17) is 23.3 Å². The van der Waals surface area contributed by atoms with E-state index in [0.29, 0.717) is 6.42 Å². The Balaban J connectivity index is 1.57. The number of phosphoric acid groups is 2. The first kappa shape index (κ1) is 120. The second-order valence-corrected chi connectivity index (χ2v) is 41.0. The van der Waals surface area contributed by atoms with Crippen LogP contribution in [-0.2, 0) is 41.5 Å². The third-order valence-electron chi connectivity index (χ3n) is 24.4. The van der Waals surface area contributed by atoms with Gasteiger partial charge in [0.05, 0.1) is 19.8 Å². The van der Waals surface area contributed by atoms with Crippen LogP contribution in [0.3, 0.4) is 0 Å². The zero-order valence-corrected chi connectivity index (χ0v) is 86.0. The molecule has 0 radical (unpaired) electrons. The van der Waals surface area contributed by atoms with Crippen LogP contribution in [0.5, 0.6) is 0 Å². The molecule has 2 heterocycles. The highest BCUT2D eigenvalue weighted by Crippen LogP contribution is 2.61. The summed E-state index contributed by atoms with van der Waals surface area (Å²) >= 11 is 0. The molecule has 0 aromatic heterocycles. The molecule has 0 aromatic rings. The minimum absolute atomic E-state index is 0.0382. The van der Waals surface area contributed by atoms with Gasteiger partial charge in [0.1, 0.15) is 48.8 Å². The van der Waals surface area contributed by atoms with Crippen molar-refractivity contribution in [2.75, 3.05) is 19.8 Å². The normalized spacial score (nSPS) is 22.7. The van der Waals surface area contributed by atoms with Crippen molar-refractivity contribution < 1.29 is 81.9 Å². The predicted octanol–water partition coefficient (Wildman–Crippen LogP) is 28.1. The van der Waals surface area contributed by atoms with E-state index < -0.39 is 96.1 Å².